The number of unbranched alkanes of at least 4 members (excludes halogenated alkanes) is 1. The fraction of sp³-hybridized carbons (Fsp3) is 0.583. The van der Waals surface area contributed by atoms with Gasteiger partial charge in [0.05, 0.1) is 21.3 Å². The molecule has 0 radical (unpaired) electrons. The van der Waals surface area contributed by atoms with E-state index in [4.69, 9.17) is 0 Å². The summed E-state index contributed by atoms with van der Waals surface area (Å²) in [6.45, 7) is 0. The maximum atomic E-state index is 11.3. The summed E-state index contributed by atoms with van der Waals surface area (Å²) in [6.07, 6.45) is 4.34. The van der Waals surface area contributed by atoms with Crippen LogP contribution in [0.2, 0.25) is 0 Å². The smallest absolute Gasteiger partial charge is 0.330 e. The van der Waals surface area contributed by atoms with E-state index in [2.05, 4.69) is 14.2 Å². The van der Waals surface area contributed by atoms with Gasteiger partial charge in [-0.15, -0.1) is 0 Å². The van der Waals surface area contributed by atoms with Crippen LogP contribution in [-0.4, -0.2) is 39.2 Å². The SMILES string of the molecule is COC(=O)/C=C\CCCC(C(=O)OC)C(=O)OC. The van der Waals surface area contributed by atoms with E-state index in [1.807, 2.05) is 0 Å². The first-order chi connectivity index (χ1) is 8.56. The van der Waals surface area contributed by atoms with Crippen LogP contribution in [0.25, 0.3) is 0 Å². The van der Waals surface area contributed by atoms with E-state index in [1.54, 1.807) is 6.08 Å². The second-order valence-corrected chi connectivity index (χ2v) is 3.46. The summed E-state index contributed by atoms with van der Waals surface area (Å²) < 4.78 is 13.4. The minimum Gasteiger partial charge on any atom is -0.468 e. The van der Waals surface area contributed by atoms with Crippen LogP contribution >= 0.6 is 0 Å². The van der Waals surface area contributed by atoms with Crippen LogP contribution < -0.4 is 0 Å². The zero-order valence-corrected chi connectivity index (χ0v) is 10.8. The number of ether oxygens (including phenoxy) is 3. The molecule has 0 aromatic carbocycles. The van der Waals surface area contributed by atoms with Crippen molar-refractivity contribution in [3.8, 4) is 0 Å². The molecule has 0 aliphatic rings. The van der Waals surface area contributed by atoms with Gasteiger partial charge >= 0.3 is 17.9 Å². The van der Waals surface area contributed by atoms with Gasteiger partial charge in [-0.25, -0.2) is 4.79 Å². The van der Waals surface area contributed by atoms with Crippen LogP contribution in [0.3, 0.4) is 0 Å². The molecule has 0 bridgehead atoms. The molecule has 0 N–H and O–H groups in total. The van der Waals surface area contributed by atoms with Crippen LogP contribution in [0.4, 0.5) is 0 Å². The molecule has 0 spiro atoms. The summed E-state index contributed by atoms with van der Waals surface area (Å²) >= 11 is 0. The Labute approximate surface area is 106 Å². The molecule has 0 aromatic rings. The van der Waals surface area contributed by atoms with Gasteiger partial charge in [0.25, 0.3) is 0 Å². The summed E-state index contributed by atoms with van der Waals surface area (Å²) in [5.74, 6) is -2.57. The summed E-state index contributed by atoms with van der Waals surface area (Å²) in [5, 5.41) is 0. The lowest BCUT2D eigenvalue weighted by Crippen LogP contribution is -2.26. The first-order valence-electron chi connectivity index (χ1n) is 5.47. The lowest BCUT2D eigenvalue weighted by molar-refractivity contribution is -0.159. The van der Waals surface area contributed by atoms with Crippen LogP contribution in [0.15, 0.2) is 12.2 Å². The largest absolute Gasteiger partial charge is 0.468 e. The maximum absolute atomic E-state index is 11.3. The highest BCUT2D eigenvalue weighted by molar-refractivity contribution is 5.94. The highest BCUT2D eigenvalue weighted by Gasteiger charge is 2.27. The van der Waals surface area contributed by atoms with E-state index in [9.17, 15) is 14.4 Å². The minimum absolute atomic E-state index is 0.310. The maximum Gasteiger partial charge on any atom is 0.330 e. The molecule has 0 saturated carbocycles. The fourth-order valence-corrected chi connectivity index (χ4v) is 1.30. The molecule has 0 atom stereocenters. The van der Waals surface area contributed by atoms with Crippen molar-refractivity contribution in [2.75, 3.05) is 21.3 Å². The molecule has 0 saturated heterocycles. The Morgan fingerprint density at radius 1 is 1.00 bits per heavy atom. The van der Waals surface area contributed by atoms with Crippen molar-refractivity contribution in [2.45, 2.75) is 19.3 Å². The predicted molar refractivity (Wildman–Crippen MR) is 62.5 cm³/mol. The van der Waals surface area contributed by atoms with Gasteiger partial charge in [0.1, 0.15) is 0 Å². The highest BCUT2D eigenvalue weighted by Crippen LogP contribution is 2.12. The molecule has 18 heavy (non-hydrogen) atoms. The van der Waals surface area contributed by atoms with Crippen molar-refractivity contribution in [1.29, 1.82) is 0 Å². The van der Waals surface area contributed by atoms with Crippen molar-refractivity contribution in [3.05, 3.63) is 12.2 Å². The number of hydrogen-bond acceptors (Lipinski definition) is 6. The second kappa shape index (κ2) is 9.21. The number of rotatable bonds is 7. The summed E-state index contributed by atoms with van der Waals surface area (Å²) in [5.41, 5.74) is 0. The fourth-order valence-electron chi connectivity index (χ4n) is 1.30. The highest BCUT2D eigenvalue weighted by atomic mass is 16.5. The number of esters is 3. The Morgan fingerprint density at radius 3 is 2.00 bits per heavy atom. The van der Waals surface area contributed by atoms with E-state index in [-0.39, 0.29) is 0 Å². The molecule has 0 aliphatic heterocycles. The molecule has 0 rings (SSSR count). The quantitative estimate of drug-likeness (QED) is 0.221. The lowest BCUT2D eigenvalue weighted by Gasteiger charge is -2.11. The Kier molecular flexibility index (Phi) is 8.26. The van der Waals surface area contributed by atoms with E-state index in [0.717, 1.165) is 0 Å². The lowest BCUT2D eigenvalue weighted by atomic mass is 10.0. The Bertz CT molecular complexity index is 305. The third kappa shape index (κ3) is 6.03. The Morgan fingerprint density at radius 2 is 1.56 bits per heavy atom. The second-order valence-electron chi connectivity index (χ2n) is 3.46. The standard InChI is InChI=1S/C12H18O6/c1-16-10(13)8-6-4-5-7-9(11(14)17-2)12(15)18-3/h6,8-9H,4-5,7H2,1-3H3/b8-6-. The van der Waals surface area contributed by atoms with Gasteiger partial charge in [-0.2, -0.15) is 0 Å². The number of hydrogen-bond donors (Lipinski definition) is 0. The van der Waals surface area contributed by atoms with Gasteiger partial charge < -0.3 is 14.2 Å². The molecule has 6 nitrogen and oxygen atoms in total. The van der Waals surface area contributed by atoms with Crippen molar-refractivity contribution in [2.24, 2.45) is 5.92 Å². The topological polar surface area (TPSA) is 78.9 Å². The molecular weight excluding hydrogens is 240 g/mol. The van der Waals surface area contributed by atoms with Gasteiger partial charge in [-0.3, -0.25) is 9.59 Å². The van der Waals surface area contributed by atoms with Crippen LogP contribution in [0.1, 0.15) is 19.3 Å². The van der Waals surface area contributed by atoms with Crippen LogP contribution in [0, 0.1) is 5.92 Å². The van der Waals surface area contributed by atoms with Gasteiger partial charge in [0, 0.05) is 6.08 Å². The van der Waals surface area contributed by atoms with Crippen LogP contribution in [-0.2, 0) is 28.6 Å². The average Bonchev–Trinajstić information content (AvgIpc) is 2.40. The van der Waals surface area contributed by atoms with Crippen molar-refractivity contribution >= 4 is 17.9 Å². The van der Waals surface area contributed by atoms with Gasteiger partial charge in [0.2, 0.25) is 0 Å². The monoisotopic (exact) mass is 258 g/mol. The van der Waals surface area contributed by atoms with Crippen molar-refractivity contribution < 1.29 is 28.6 Å². The number of carbonyl (C=O) groups excluding carboxylic acids is 3. The normalized spacial score (nSPS) is 10.4. The number of allylic oxidation sites excluding steroid dienone is 1. The van der Waals surface area contributed by atoms with Gasteiger partial charge in [0.15, 0.2) is 5.92 Å². The molecule has 0 fully saturated rings. The molecule has 6 heteroatoms. The summed E-state index contributed by atoms with van der Waals surface area (Å²) in [4.78, 5) is 33.4. The molecule has 102 valence electrons. The van der Waals surface area contributed by atoms with Gasteiger partial charge in [-0.05, 0) is 19.3 Å². The van der Waals surface area contributed by atoms with Crippen molar-refractivity contribution in [1.82, 2.24) is 0 Å². The molecule has 0 amide bonds. The summed E-state index contributed by atoms with van der Waals surface area (Å²) in [7, 11) is 3.72. The third-order valence-corrected chi connectivity index (χ3v) is 2.29. The van der Waals surface area contributed by atoms with Crippen molar-refractivity contribution in [3.63, 3.8) is 0 Å². The van der Waals surface area contributed by atoms with E-state index < -0.39 is 23.8 Å². The van der Waals surface area contributed by atoms with E-state index >= 15 is 0 Å². The molecule has 0 unspecified atom stereocenters. The first-order valence-corrected chi connectivity index (χ1v) is 5.47. The Hall–Kier alpha value is -1.85. The summed E-state index contributed by atoms with van der Waals surface area (Å²) in [6, 6.07) is 0. The minimum atomic E-state index is -0.911. The van der Waals surface area contributed by atoms with E-state index in [0.29, 0.717) is 19.3 Å². The average molecular weight is 258 g/mol. The van der Waals surface area contributed by atoms with Crippen LogP contribution in [0.5, 0.6) is 0 Å². The zero-order valence-electron chi connectivity index (χ0n) is 10.8. The molecule has 0 aliphatic carbocycles. The van der Waals surface area contributed by atoms with E-state index in [1.165, 1.54) is 27.4 Å². The third-order valence-electron chi connectivity index (χ3n) is 2.29. The molecular formula is C12H18O6. The zero-order chi connectivity index (χ0) is 14.0. The Balaban J connectivity index is 4.13. The molecule has 0 heterocycles. The predicted octanol–water partition coefficient (Wildman–Crippen LogP) is 0.848. The van der Waals surface area contributed by atoms with Gasteiger partial charge in [-0.1, -0.05) is 6.08 Å². The first kappa shape index (κ1) is 16.1. The molecule has 0 aromatic heterocycles. The number of methoxy groups -OCH3 is 3. The number of carbonyl (C=O) groups is 3.